The predicted molar refractivity (Wildman–Crippen MR) is 157 cm³/mol. The Hall–Kier alpha value is -2.55. The quantitative estimate of drug-likeness (QED) is 0.430. The number of halogens is 1. The Morgan fingerprint density at radius 3 is 2.83 bits per heavy atom. The van der Waals surface area contributed by atoms with Crippen molar-refractivity contribution in [2.24, 2.45) is 17.8 Å². The molecule has 5 atom stereocenters. The smallest absolute Gasteiger partial charge is 0.264 e. The van der Waals surface area contributed by atoms with Crippen LogP contribution in [0.15, 0.2) is 48.6 Å². The molecule has 2 aliphatic heterocycles. The Bertz CT molecular complexity index is 1440. The maximum atomic E-state index is 13.2. The van der Waals surface area contributed by atoms with Gasteiger partial charge in [-0.25, -0.2) is 13.1 Å². The summed E-state index contributed by atoms with van der Waals surface area (Å²) >= 11 is 6.37. The minimum absolute atomic E-state index is 0.170. The standard InChI is InChI=1S/C31H37ClN2O5S/c1-20-4-2-6-28(35)25-10-7-23(25)16-34-18-31(13-3-5-21-14-24(32)9-11-26(21)31)19-39-29-12-8-22(15-27(29)34)30(36)33-40(37,38)17-20/h2,4,8-9,11-12,14-15,20,23,25,28,35H,3,5-7,10,13,16-19H2,1H3,(H,33,36)/b4-2-/t20-,23+,25-,28?,31+/m1/s1. The molecule has 2 aromatic carbocycles. The van der Waals surface area contributed by atoms with E-state index in [0.29, 0.717) is 31.2 Å². The number of amides is 1. The van der Waals surface area contributed by atoms with E-state index in [1.54, 1.807) is 25.1 Å². The van der Waals surface area contributed by atoms with Crippen molar-refractivity contribution in [3.05, 3.63) is 70.3 Å². The van der Waals surface area contributed by atoms with Gasteiger partial charge in [-0.05, 0) is 97.7 Å². The molecule has 0 saturated heterocycles. The number of fused-ring (bicyclic) bond motifs is 4. The van der Waals surface area contributed by atoms with E-state index in [0.717, 1.165) is 49.4 Å². The Labute approximate surface area is 241 Å². The van der Waals surface area contributed by atoms with Gasteiger partial charge in [0.2, 0.25) is 10.0 Å². The van der Waals surface area contributed by atoms with E-state index in [9.17, 15) is 18.3 Å². The van der Waals surface area contributed by atoms with Crippen LogP contribution in [0.3, 0.4) is 0 Å². The van der Waals surface area contributed by atoms with Gasteiger partial charge in [0.25, 0.3) is 5.91 Å². The first-order chi connectivity index (χ1) is 19.1. The molecule has 7 nitrogen and oxygen atoms in total. The zero-order valence-electron chi connectivity index (χ0n) is 22.8. The minimum atomic E-state index is -3.85. The van der Waals surface area contributed by atoms with Gasteiger partial charge in [-0.2, -0.15) is 0 Å². The highest BCUT2D eigenvalue weighted by Crippen LogP contribution is 2.46. The molecule has 1 fully saturated rings. The van der Waals surface area contributed by atoms with Crippen LogP contribution in [0, 0.1) is 17.8 Å². The number of anilines is 1. The molecule has 2 aliphatic carbocycles. The van der Waals surface area contributed by atoms with Crippen molar-refractivity contribution in [3.8, 4) is 5.75 Å². The summed E-state index contributed by atoms with van der Waals surface area (Å²) < 4.78 is 34.3. The summed E-state index contributed by atoms with van der Waals surface area (Å²) in [6.45, 7) is 3.73. The number of carbonyl (C=O) groups is 1. The Kier molecular flexibility index (Phi) is 7.38. The van der Waals surface area contributed by atoms with Gasteiger partial charge in [0.05, 0.1) is 24.2 Å². The fraction of sp³-hybridized carbons (Fsp3) is 0.516. The largest absolute Gasteiger partial charge is 0.490 e. The van der Waals surface area contributed by atoms with Gasteiger partial charge in [-0.3, -0.25) is 4.79 Å². The van der Waals surface area contributed by atoms with Crippen LogP contribution in [0.5, 0.6) is 5.75 Å². The van der Waals surface area contributed by atoms with E-state index in [-0.39, 0.29) is 28.6 Å². The SMILES string of the molecule is C[C@@H]1/C=C\CC(O)[C@@H]2CC[C@H]2CN2C[C@@]3(CCCc4cc(Cl)ccc43)COc3ccc(cc32)C(=O)NS(=O)(=O)C1. The van der Waals surface area contributed by atoms with Crippen LogP contribution in [0.4, 0.5) is 5.69 Å². The fourth-order valence-corrected chi connectivity index (χ4v) is 8.62. The van der Waals surface area contributed by atoms with Gasteiger partial charge in [-0.1, -0.05) is 36.7 Å². The van der Waals surface area contributed by atoms with Gasteiger partial charge < -0.3 is 14.7 Å². The zero-order valence-corrected chi connectivity index (χ0v) is 24.4. The number of hydrogen-bond acceptors (Lipinski definition) is 6. The Morgan fingerprint density at radius 2 is 2.02 bits per heavy atom. The number of allylic oxidation sites excluding steroid dienone is 1. The van der Waals surface area contributed by atoms with Crippen LogP contribution < -0.4 is 14.4 Å². The highest BCUT2D eigenvalue weighted by atomic mass is 35.5. The van der Waals surface area contributed by atoms with E-state index in [1.165, 1.54) is 11.1 Å². The van der Waals surface area contributed by atoms with Crippen LogP contribution in [0.2, 0.25) is 5.02 Å². The van der Waals surface area contributed by atoms with Gasteiger partial charge in [0, 0.05) is 29.1 Å². The third-order valence-corrected chi connectivity index (χ3v) is 11.0. The van der Waals surface area contributed by atoms with Crippen molar-refractivity contribution in [1.82, 2.24) is 4.72 Å². The van der Waals surface area contributed by atoms with Crippen LogP contribution in [-0.4, -0.2) is 51.0 Å². The van der Waals surface area contributed by atoms with Crippen molar-refractivity contribution in [2.75, 3.05) is 30.3 Å². The summed E-state index contributed by atoms with van der Waals surface area (Å²) in [4.78, 5) is 15.5. The van der Waals surface area contributed by atoms with E-state index in [1.807, 2.05) is 18.2 Å². The number of nitrogens with one attached hydrogen (secondary N) is 1. The van der Waals surface area contributed by atoms with Crippen LogP contribution in [0.1, 0.15) is 60.5 Å². The second kappa shape index (κ2) is 10.7. The fourth-order valence-electron chi connectivity index (χ4n) is 7.13. The molecule has 1 saturated carbocycles. The highest BCUT2D eigenvalue weighted by Gasteiger charge is 2.44. The first-order valence-electron chi connectivity index (χ1n) is 14.3. The average molecular weight is 585 g/mol. The minimum Gasteiger partial charge on any atom is -0.490 e. The summed E-state index contributed by atoms with van der Waals surface area (Å²) in [6, 6.07) is 11.4. The predicted octanol–water partition coefficient (Wildman–Crippen LogP) is 4.86. The summed E-state index contributed by atoms with van der Waals surface area (Å²) in [7, 11) is -3.85. The molecule has 6 rings (SSSR count). The molecule has 0 aromatic heterocycles. The number of aliphatic hydroxyl groups is 1. The molecule has 214 valence electrons. The number of benzene rings is 2. The van der Waals surface area contributed by atoms with Crippen LogP contribution in [-0.2, 0) is 21.9 Å². The Balaban J connectivity index is 1.41. The van der Waals surface area contributed by atoms with Crippen molar-refractivity contribution in [1.29, 1.82) is 0 Å². The Morgan fingerprint density at radius 1 is 1.18 bits per heavy atom. The first-order valence-corrected chi connectivity index (χ1v) is 16.4. The van der Waals surface area contributed by atoms with Crippen molar-refractivity contribution in [2.45, 2.75) is 57.0 Å². The number of ether oxygens (including phenoxy) is 1. The number of aryl methyl sites for hydroxylation is 1. The lowest BCUT2D eigenvalue weighted by Crippen LogP contribution is -2.49. The number of hydrogen-bond donors (Lipinski definition) is 2. The molecule has 1 spiro atoms. The molecular formula is C31H37ClN2O5S. The molecule has 4 aliphatic rings. The average Bonchev–Trinajstić information content (AvgIpc) is 3.02. The lowest BCUT2D eigenvalue weighted by Gasteiger charge is -2.45. The number of sulfonamides is 1. The van der Waals surface area contributed by atoms with E-state index in [2.05, 4.69) is 21.8 Å². The van der Waals surface area contributed by atoms with E-state index >= 15 is 0 Å². The first kappa shape index (κ1) is 27.6. The lowest BCUT2D eigenvalue weighted by molar-refractivity contribution is 0.0177. The van der Waals surface area contributed by atoms with Gasteiger partial charge in [0.15, 0.2) is 0 Å². The van der Waals surface area contributed by atoms with Gasteiger partial charge in [0.1, 0.15) is 5.75 Å². The lowest BCUT2D eigenvalue weighted by atomic mass is 9.68. The number of aliphatic hydroxyl groups excluding tert-OH is 1. The molecule has 2 aromatic rings. The monoisotopic (exact) mass is 584 g/mol. The molecule has 1 amide bonds. The number of nitrogens with zero attached hydrogens (tertiary/aromatic N) is 1. The molecule has 9 heteroatoms. The number of carbonyl (C=O) groups excluding carboxylic acids is 1. The molecule has 2 N–H and O–H groups in total. The summed E-state index contributed by atoms with van der Waals surface area (Å²) in [5, 5.41) is 11.8. The van der Waals surface area contributed by atoms with Gasteiger partial charge >= 0.3 is 0 Å². The third-order valence-electron chi connectivity index (χ3n) is 9.30. The zero-order chi connectivity index (χ0) is 28.1. The molecule has 2 bridgehead atoms. The normalized spacial score (nSPS) is 32.5. The highest BCUT2D eigenvalue weighted by molar-refractivity contribution is 7.90. The second-order valence-corrected chi connectivity index (χ2v) is 14.4. The van der Waals surface area contributed by atoms with Crippen molar-refractivity contribution in [3.63, 3.8) is 0 Å². The molecule has 0 radical (unpaired) electrons. The molecular weight excluding hydrogens is 548 g/mol. The van der Waals surface area contributed by atoms with Crippen LogP contribution in [0.25, 0.3) is 0 Å². The van der Waals surface area contributed by atoms with Crippen molar-refractivity contribution < 1.29 is 23.1 Å². The van der Waals surface area contributed by atoms with E-state index in [4.69, 9.17) is 16.3 Å². The summed E-state index contributed by atoms with van der Waals surface area (Å²) in [5.74, 6) is 0.0322. The second-order valence-electron chi connectivity index (χ2n) is 12.2. The summed E-state index contributed by atoms with van der Waals surface area (Å²) in [6.07, 6.45) is 8.69. The molecule has 1 unspecified atom stereocenters. The van der Waals surface area contributed by atoms with Crippen LogP contribution >= 0.6 is 11.6 Å². The van der Waals surface area contributed by atoms with Crippen molar-refractivity contribution >= 4 is 33.2 Å². The topological polar surface area (TPSA) is 95.9 Å². The van der Waals surface area contributed by atoms with Gasteiger partial charge in [-0.15, -0.1) is 0 Å². The van der Waals surface area contributed by atoms with E-state index < -0.39 is 22.0 Å². The maximum absolute atomic E-state index is 13.2. The summed E-state index contributed by atoms with van der Waals surface area (Å²) in [5.41, 5.74) is 3.34. The maximum Gasteiger partial charge on any atom is 0.264 e. The molecule has 40 heavy (non-hydrogen) atoms. The number of rotatable bonds is 0. The molecule has 2 heterocycles. The third kappa shape index (κ3) is 5.38.